The molecule has 3 rings (SSSR count). The van der Waals surface area contributed by atoms with E-state index >= 15 is 0 Å². The van der Waals surface area contributed by atoms with Crippen molar-refractivity contribution < 1.29 is 4.39 Å². The van der Waals surface area contributed by atoms with Gasteiger partial charge in [-0.1, -0.05) is 41.9 Å². The fraction of sp³-hybridized carbons (Fsp3) is 0.118. The smallest absolute Gasteiger partial charge is 0.142 e. The maximum atomic E-state index is 13.7. The largest absolute Gasteiger partial charge is 0.330 e. The van der Waals surface area contributed by atoms with Crippen LogP contribution in [0, 0.1) is 5.82 Å². The summed E-state index contributed by atoms with van der Waals surface area (Å²) in [6, 6.07) is 12.9. The van der Waals surface area contributed by atoms with Crippen molar-refractivity contribution in [2.24, 2.45) is 5.73 Å². The van der Waals surface area contributed by atoms with Gasteiger partial charge in [0.25, 0.3) is 0 Å². The molecule has 0 spiro atoms. The Hall–Kier alpha value is -2.17. The normalized spacial score (nSPS) is 12.3. The van der Waals surface area contributed by atoms with Crippen LogP contribution >= 0.6 is 11.6 Å². The summed E-state index contributed by atoms with van der Waals surface area (Å²) in [4.78, 5) is 0. The SMILES string of the molecule is NCC(c1ccc(-c2cn[nH]c2)cc1)c1ccc(Cl)c(F)c1. The second-order valence-electron chi connectivity index (χ2n) is 5.07. The van der Waals surface area contributed by atoms with Gasteiger partial charge in [0.05, 0.1) is 11.2 Å². The molecular weight excluding hydrogens is 301 g/mol. The lowest BCUT2D eigenvalue weighted by Gasteiger charge is -2.16. The molecule has 3 N–H and O–H groups in total. The van der Waals surface area contributed by atoms with E-state index in [4.69, 9.17) is 17.3 Å². The van der Waals surface area contributed by atoms with Gasteiger partial charge in [0, 0.05) is 24.2 Å². The van der Waals surface area contributed by atoms with Gasteiger partial charge in [-0.15, -0.1) is 0 Å². The maximum absolute atomic E-state index is 13.7. The van der Waals surface area contributed by atoms with Crippen molar-refractivity contribution >= 4 is 11.6 Å². The molecule has 2 aromatic carbocycles. The van der Waals surface area contributed by atoms with Gasteiger partial charge in [-0.2, -0.15) is 5.10 Å². The quantitative estimate of drug-likeness (QED) is 0.765. The molecule has 5 heteroatoms. The molecule has 1 atom stereocenters. The highest BCUT2D eigenvalue weighted by Crippen LogP contribution is 2.28. The van der Waals surface area contributed by atoms with Crippen LogP contribution in [0.1, 0.15) is 17.0 Å². The lowest BCUT2D eigenvalue weighted by atomic mass is 9.90. The molecule has 1 aromatic heterocycles. The zero-order chi connectivity index (χ0) is 15.5. The summed E-state index contributed by atoms with van der Waals surface area (Å²) < 4.78 is 13.7. The Morgan fingerprint density at radius 1 is 1.09 bits per heavy atom. The molecule has 0 fully saturated rings. The minimum absolute atomic E-state index is 0.0647. The number of nitrogens with zero attached hydrogens (tertiary/aromatic N) is 1. The molecule has 3 aromatic rings. The van der Waals surface area contributed by atoms with Gasteiger partial charge < -0.3 is 5.73 Å². The molecule has 112 valence electrons. The van der Waals surface area contributed by atoms with Crippen molar-refractivity contribution in [2.45, 2.75) is 5.92 Å². The van der Waals surface area contributed by atoms with Crippen LogP contribution in [0.15, 0.2) is 54.9 Å². The fourth-order valence-electron chi connectivity index (χ4n) is 2.51. The third-order valence-electron chi connectivity index (χ3n) is 3.73. The number of rotatable bonds is 4. The van der Waals surface area contributed by atoms with Crippen molar-refractivity contribution in [3.63, 3.8) is 0 Å². The molecule has 0 saturated heterocycles. The lowest BCUT2D eigenvalue weighted by Crippen LogP contribution is -2.14. The highest BCUT2D eigenvalue weighted by atomic mass is 35.5. The van der Waals surface area contributed by atoms with E-state index in [9.17, 15) is 4.39 Å². The number of aromatic nitrogens is 2. The predicted octanol–water partition coefficient (Wildman–Crippen LogP) is 3.96. The predicted molar refractivity (Wildman–Crippen MR) is 86.3 cm³/mol. The lowest BCUT2D eigenvalue weighted by molar-refractivity contribution is 0.623. The minimum Gasteiger partial charge on any atom is -0.330 e. The van der Waals surface area contributed by atoms with Crippen LogP contribution in [-0.4, -0.2) is 16.7 Å². The zero-order valence-corrected chi connectivity index (χ0v) is 12.5. The molecule has 0 amide bonds. The van der Waals surface area contributed by atoms with E-state index in [-0.39, 0.29) is 10.9 Å². The van der Waals surface area contributed by atoms with E-state index in [2.05, 4.69) is 10.2 Å². The number of H-pyrrole nitrogens is 1. The summed E-state index contributed by atoms with van der Waals surface area (Å²) >= 11 is 5.74. The second kappa shape index (κ2) is 6.30. The van der Waals surface area contributed by atoms with Crippen LogP contribution in [0.3, 0.4) is 0 Å². The standard InChI is InChI=1S/C17H15ClFN3/c18-16-6-5-13(7-17(16)19)15(8-20)12-3-1-11(2-4-12)14-9-21-22-10-14/h1-7,9-10,15H,8,20H2,(H,21,22). The number of hydrogen-bond acceptors (Lipinski definition) is 2. The van der Waals surface area contributed by atoms with E-state index in [1.165, 1.54) is 6.07 Å². The van der Waals surface area contributed by atoms with Gasteiger partial charge >= 0.3 is 0 Å². The molecule has 22 heavy (non-hydrogen) atoms. The summed E-state index contributed by atoms with van der Waals surface area (Å²) in [5, 5.41) is 6.85. The zero-order valence-electron chi connectivity index (χ0n) is 11.8. The van der Waals surface area contributed by atoms with Gasteiger partial charge in [-0.3, -0.25) is 5.10 Å². The maximum Gasteiger partial charge on any atom is 0.142 e. The Balaban J connectivity index is 1.91. The van der Waals surface area contributed by atoms with Crippen molar-refractivity contribution in [2.75, 3.05) is 6.54 Å². The molecule has 0 aliphatic carbocycles. The van der Waals surface area contributed by atoms with Crippen LogP contribution in [0.25, 0.3) is 11.1 Å². The number of nitrogens with two attached hydrogens (primary N) is 1. The van der Waals surface area contributed by atoms with Crippen LogP contribution in [0.4, 0.5) is 4.39 Å². The molecule has 1 unspecified atom stereocenters. The fourth-order valence-corrected chi connectivity index (χ4v) is 2.63. The first-order valence-electron chi connectivity index (χ1n) is 6.93. The first-order valence-corrected chi connectivity index (χ1v) is 7.31. The molecule has 0 radical (unpaired) electrons. The van der Waals surface area contributed by atoms with Gasteiger partial charge in [-0.05, 0) is 28.8 Å². The highest BCUT2D eigenvalue weighted by Gasteiger charge is 2.14. The van der Waals surface area contributed by atoms with Crippen LogP contribution in [0.2, 0.25) is 5.02 Å². The van der Waals surface area contributed by atoms with Gasteiger partial charge in [0.15, 0.2) is 0 Å². The van der Waals surface area contributed by atoms with Crippen molar-refractivity contribution in [3.8, 4) is 11.1 Å². The van der Waals surface area contributed by atoms with E-state index in [0.29, 0.717) is 6.54 Å². The van der Waals surface area contributed by atoms with E-state index in [1.807, 2.05) is 36.5 Å². The Morgan fingerprint density at radius 3 is 2.41 bits per heavy atom. The Labute approximate surface area is 132 Å². The number of benzene rings is 2. The average molecular weight is 316 g/mol. The van der Waals surface area contributed by atoms with Gasteiger partial charge in [0.1, 0.15) is 5.82 Å². The van der Waals surface area contributed by atoms with Crippen LogP contribution in [-0.2, 0) is 0 Å². The summed E-state index contributed by atoms with van der Waals surface area (Å²) in [5.74, 6) is -0.488. The van der Waals surface area contributed by atoms with Crippen molar-refractivity contribution in [1.82, 2.24) is 10.2 Å². The first kappa shape index (κ1) is 14.8. The van der Waals surface area contributed by atoms with Crippen molar-refractivity contribution in [3.05, 3.63) is 76.8 Å². The number of nitrogens with one attached hydrogen (secondary N) is 1. The van der Waals surface area contributed by atoms with Gasteiger partial charge in [0.2, 0.25) is 0 Å². The Morgan fingerprint density at radius 2 is 1.82 bits per heavy atom. The Bertz CT molecular complexity index is 754. The van der Waals surface area contributed by atoms with Gasteiger partial charge in [-0.25, -0.2) is 4.39 Å². The summed E-state index contributed by atoms with van der Waals surface area (Å²) in [6.07, 6.45) is 3.61. The molecule has 1 heterocycles. The summed E-state index contributed by atoms with van der Waals surface area (Å²) in [6.45, 7) is 0.395. The third-order valence-corrected chi connectivity index (χ3v) is 4.03. The van der Waals surface area contributed by atoms with E-state index < -0.39 is 5.82 Å². The molecular formula is C17H15ClFN3. The topological polar surface area (TPSA) is 54.7 Å². The number of hydrogen-bond donors (Lipinski definition) is 2. The summed E-state index contributed by atoms with van der Waals surface area (Å²) in [7, 11) is 0. The molecule has 0 saturated carbocycles. The summed E-state index contributed by atoms with van der Waals surface area (Å²) in [5.41, 5.74) is 9.83. The third kappa shape index (κ3) is 2.89. The van der Waals surface area contributed by atoms with Crippen LogP contribution in [0.5, 0.6) is 0 Å². The van der Waals surface area contributed by atoms with E-state index in [1.54, 1.807) is 12.3 Å². The number of aromatic amines is 1. The van der Waals surface area contributed by atoms with Crippen LogP contribution < -0.4 is 5.73 Å². The first-order chi connectivity index (χ1) is 10.7. The van der Waals surface area contributed by atoms with Crippen molar-refractivity contribution in [1.29, 1.82) is 0 Å². The Kier molecular flexibility index (Phi) is 4.22. The average Bonchev–Trinajstić information content (AvgIpc) is 3.07. The van der Waals surface area contributed by atoms with E-state index in [0.717, 1.165) is 22.3 Å². The molecule has 0 bridgehead atoms. The minimum atomic E-state index is -0.423. The molecule has 3 nitrogen and oxygen atoms in total. The monoisotopic (exact) mass is 315 g/mol. The molecule has 0 aliphatic rings. The number of halogens is 2. The second-order valence-corrected chi connectivity index (χ2v) is 5.48. The molecule has 0 aliphatic heterocycles. The highest BCUT2D eigenvalue weighted by molar-refractivity contribution is 6.30.